The van der Waals surface area contributed by atoms with Crippen LogP contribution in [-0.4, -0.2) is 16.2 Å². The van der Waals surface area contributed by atoms with Crippen molar-refractivity contribution >= 4 is 11.0 Å². The van der Waals surface area contributed by atoms with E-state index in [1.165, 1.54) is 5.56 Å². The highest BCUT2D eigenvalue weighted by molar-refractivity contribution is 5.75. The molecule has 0 saturated heterocycles. The smallest absolute Gasteiger partial charge is 0.148 e. The summed E-state index contributed by atoms with van der Waals surface area (Å²) in [5.74, 6) is 3.19. The molecule has 4 heteroatoms. The van der Waals surface area contributed by atoms with Crippen molar-refractivity contribution < 1.29 is 9.47 Å². The quantitative estimate of drug-likeness (QED) is 0.357. The van der Waals surface area contributed by atoms with Crippen molar-refractivity contribution in [3.8, 4) is 11.5 Å². The first-order valence-corrected chi connectivity index (χ1v) is 10.5. The van der Waals surface area contributed by atoms with E-state index < -0.39 is 0 Å². The van der Waals surface area contributed by atoms with Crippen molar-refractivity contribution in [2.45, 2.75) is 39.8 Å². The van der Waals surface area contributed by atoms with E-state index in [1.54, 1.807) is 0 Å². The third kappa shape index (κ3) is 4.48. The summed E-state index contributed by atoms with van der Waals surface area (Å²) in [6.45, 7) is 8.14. The summed E-state index contributed by atoms with van der Waals surface area (Å²) in [5, 5.41) is 0. The molecular formula is C26H28N2O2. The zero-order chi connectivity index (χ0) is 20.9. The molecule has 0 bridgehead atoms. The lowest BCUT2D eigenvalue weighted by Gasteiger charge is -2.13. The summed E-state index contributed by atoms with van der Waals surface area (Å²) in [4.78, 5) is 4.80. The standard InChI is InChI=1S/C26H28N2O2/c1-19(2)21-12-14-22(15-13-21)30-18-26-27-23-9-5-6-10-24(23)28(26)16-17-29-25-11-7-4-8-20(25)3/h4-15,19H,16-18H2,1-3H3. The van der Waals surface area contributed by atoms with Gasteiger partial charge >= 0.3 is 0 Å². The molecule has 0 fully saturated rings. The van der Waals surface area contributed by atoms with Crippen LogP contribution in [0.5, 0.6) is 11.5 Å². The molecule has 4 aromatic rings. The second-order valence-electron chi connectivity index (χ2n) is 7.79. The Hall–Kier alpha value is -3.27. The fourth-order valence-electron chi connectivity index (χ4n) is 3.55. The summed E-state index contributed by atoms with van der Waals surface area (Å²) in [5.41, 5.74) is 4.52. The summed E-state index contributed by atoms with van der Waals surface area (Å²) < 4.78 is 14.3. The lowest BCUT2D eigenvalue weighted by Crippen LogP contribution is -2.13. The van der Waals surface area contributed by atoms with Gasteiger partial charge in [0.15, 0.2) is 0 Å². The zero-order valence-corrected chi connectivity index (χ0v) is 17.8. The molecule has 1 aromatic heterocycles. The largest absolute Gasteiger partial charge is 0.491 e. The Kier molecular flexibility index (Phi) is 6.03. The normalized spacial score (nSPS) is 11.2. The van der Waals surface area contributed by atoms with Crippen molar-refractivity contribution in [1.82, 2.24) is 9.55 Å². The van der Waals surface area contributed by atoms with Crippen LogP contribution in [0.1, 0.15) is 36.7 Å². The van der Waals surface area contributed by atoms with Gasteiger partial charge in [0.05, 0.1) is 17.6 Å². The van der Waals surface area contributed by atoms with E-state index >= 15 is 0 Å². The summed E-state index contributed by atoms with van der Waals surface area (Å²) in [6.07, 6.45) is 0. The first kappa shape index (κ1) is 20.0. The number of ether oxygens (including phenoxy) is 2. The summed E-state index contributed by atoms with van der Waals surface area (Å²) in [6, 6.07) is 24.6. The molecule has 0 atom stereocenters. The predicted molar refractivity (Wildman–Crippen MR) is 121 cm³/mol. The van der Waals surface area contributed by atoms with Crippen LogP contribution in [0, 0.1) is 6.92 Å². The van der Waals surface area contributed by atoms with Crippen LogP contribution in [0.15, 0.2) is 72.8 Å². The maximum atomic E-state index is 6.06. The number of benzene rings is 3. The minimum absolute atomic E-state index is 0.417. The van der Waals surface area contributed by atoms with E-state index in [4.69, 9.17) is 14.5 Å². The Morgan fingerprint density at radius 2 is 1.60 bits per heavy atom. The van der Waals surface area contributed by atoms with Crippen LogP contribution in [0.25, 0.3) is 11.0 Å². The van der Waals surface area contributed by atoms with Crippen molar-refractivity contribution in [3.63, 3.8) is 0 Å². The van der Waals surface area contributed by atoms with Crippen molar-refractivity contribution in [2.24, 2.45) is 0 Å². The van der Waals surface area contributed by atoms with Gasteiger partial charge in [0.1, 0.15) is 30.5 Å². The Morgan fingerprint density at radius 1 is 0.867 bits per heavy atom. The SMILES string of the molecule is Cc1ccccc1OCCn1c(COc2ccc(C(C)C)cc2)nc2ccccc21. The number of aryl methyl sites for hydroxylation is 1. The second kappa shape index (κ2) is 9.04. The first-order chi connectivity index (χ1) is 14.6. The number of nitrogens with zero attached hydrogens (tertiary/aromatic N) is 2. The van der Waals surface area contributed by atoms with Gasteiger partial charge in [-0.05, 0) is 54.3 Å². The molecule has 1 heterocycles. The van der Waals surface area contributed by atoms with E-state index in [2.05, 4.69) is 49.6 Å². The molecular weight excluding hydrogens is 372 g/mol. The van der Waals surface area contributed by atoms with E-state index in [-0.39, 0.29) is 0 Å². The van der Waals surface area contributed by atoms with Gasteiger partial charge in [-0.25, -0.2) is 4.98 Å². The molecule has 0 aliphatic carbocycles. The van der Waals surface area contributed by atoms with Gasteiger partial charge in [-0.15, -0.1) is 0 Å². The van der Waals surface area contributed by atoms with E-state index in [0.717, 1.165) is 33.9 Å². The molecule has 0 saturated carbocycles. The number of rotatable bonds is 8. The van der Waals surface area contributed by atoms with Gasteiger partial charge in [-0.2, -0.15) is 0 Å². The second-order valence-corrected chi connectivity index (χ2v) is 7.79. The fourth-order valence-corrected chi connectivity index (χ4v) is 3.55. The zero-order valence-electron chi connectivity index (χ0n) is 17.8. The van der Waals surface area contributed by atoms with Gasteiger partial charge < -0.3 is 14.0 Å². The predicted octanol–water partition coefficient (Wildman–Crippen LogP) is 6.13. The highest BCUT2D eigenvalue weighted by atomic mass is 16.5. The number of aromatic nitrogens is 2. The molecule has 4 rings (SSSR count). The van der Waals surface area contributed by atoms with Crippen LogP contribution in [0.3, 0.4) is 0 Å². The van der Waals surface area contributed by atoms with Crippen LogP contribution in [0.4, 0.5) is 0 Å². The lowest BCUT2D eigenvalue weighted by molar-refractivity contribution is 0.271. The topological polar surface area (TPSA) is 36.3 Å². The third-order valence-electron chi connectivity index (χ3n) is 5.31. The molecule has 0 amide bonds. The molecule has 4 nitrogen and oxygen atoms in total. The Balaban J connectivity index is 1.49. The minimum Gasteiger partial charge on any atom is -0.491 e. The van der Waals surface area contributed by atoms with Gasteiger partial charge in [0.25, 0.3) is 0 Å². The monoisotopic (exact) mass is 400 g/mol. The molecule has 0 aliphatic rings. The number of para-hydroxylation sites is 3. The number of imidazole rings is 1. The maximum Gasteiger partial charge on any atom is 0.148 e. The minimum atomic E-state index is 0.417. The summed E-state index contributed by atoms with van der Waals surface area (Å²) >= 11 is 0. The average Bonchev–Trinajstić information content (AvgIpc) is 3.11. The number of hydrogen-bond acceptors (Lipinski definition) is 3. The molecule has 0 N–H and O–H groups in total. The molecule has 0 aliphatic heterocycles. The van der Waals surface area contributed by atoms with Crippen LogP contribution in [-0.2, 0) is 13.2 Å². The molecule has 30 heavy (non-hydrogen) atoms. The molecule has 0 radical (unpaired) electrons. The fraction of sp³-hybridized carbons (Fsp3) is 0.269. The highest BCUT2D eigenvalue weighted by Crippen LogP contribution is 2.22. The Labute approximate surface area is 178 Å². The Morgan fingerprint density at radius 3 is 2.37 bits per heavy atom. The molecule has 0 spiro atoms. The van der Waals surface area contributed by atoms with Gasteiger partial charge in [0.2, 0.25) is 0 Å². The van der Waals surface area contributed by atoms with E-state index in [1.807, 2.05) is 48.5 Å². The average molecular weight is 401 g/mol. The highest BCUT2D eigenvalue weighted by Gasteiger charge is 2.12. The van der Waals surface area contributed by atoms with Crippen molar-refractivity contribution in [3.05, 3.63) is 89.7 Å². The first-order valence-electron chi connectivity index (χ1n) is 10.5. The van der Waals surface area contributed by atoms with E-state index in [0.29, 0.717) is 25.7 Å². The molecule has 3 aromatic carbocycles. The van der Waals surface area contributed by atoms with Crippen LogP contribution in [0.2, 0.25) is 0 Å². The van der Waals surface area contributed by atoms with Crippen molar-refractivity contribution in [1.29, 1.82) is 0 Å². The summed E-state index contributed by atoms with van der Waals surface area (Å²) in [7, 11) is 0. The van der Waals surface area contributed by atoms with Gasteiger partial charge in [-0.1, -0.05) is 56.3 Å². The van der Waals surface area contributed by atoms with Crippen molar-refractivity contribution in [2.75, 3.05) is 6.61 Å². The molecule has 154 valence electrons. The lowest BCUT2D eigenvalue weighted by atomic mass is 10.0. The van der Waals surface area contributed by atoms with Gasteiger partial charge in [0, 0.05) is 0 Å². The Bertz CT molecular complexity index is 1110. The van der Waals surface area contributed by atoms with Crippen LogP contribution < -0.4 is 9.47 Å². The maximum absolute atomic E-state index is 6.06. The number of hydrogen-bond donors (Lipinski definition) is 0. The number of fused-ring (bicyclic) bond motifs is 1. The van der Waals surface area contributed by atoms with Gasteiger partial charge in [-0.3, -0.25) is 0 Å². The molecule has 0 unspecified atom stereocenters. The van der Waals surface area contributed by atoms with E-state index in [9.17, 15) is 0 Å². The van der Waals surface area contributed by atoms with Crippen LogP contribution >= 0.6 is 0 Å². The third-order valence-corrected chi connectivity index (χ3v) is 5.31.